The number of carbonyl (C=O) groups is 11. The quantitative estimate of drug-likeness (QED) is 0.0174. The molecule has 436 valence electrons. The van der Waals surface area contributed by atoms with Gasteiger partial charge in [0.25, 0.3) is 5.69 Å². The van der Waals surface area contributed by atoms with Crippen LogP contribution in [0.3, 0.4) is 0 Å². The lowest BCUT2D eigenvalue weighted by atomic mass is 9.97. The van der Waals surface area contributed by atoms with Gasteiger partial charge in [0.1, 0.15) is 48.3 Å². The number of nitro benzene ring substituents is 1. The molecule has 0 unspecified atom stereocenters. The van der Waals surface area contributed by atoms with Crippen molar-refractivity contribution >= 4 is 104 Å². The Bertz CT molecular complexity index is 2440. The number of non-ortho nitro benzene ring substituents is 1. The van der Waals surface area contributed by atoms with E-state index in [1.165, 1.54) is 24.0 Å². The van der Waals surface area contributed by atoms with Crippen LogP contribution in [0.5, 0.6) is 0 Å². The molecule has 2 aliphatic heterocycles. The van der Waals surface area contributed by atoms with Crippen LogP contribution in [-0.4, -0.2) is 178 Å². The summed E-state index contributed by atoms with van der Waals surface area (Å²) in [6.45, 7) is 3.83. The van der Waals surface area contributed by atoms with Gasteiger partial charge in [0.2, 0.25) is 59.1 Å². The minimum absolute atomic E-state index is 0.0137. The molecule has 0 spiro atoms. The Labute approximate surface area is 462 Å². The molecule has 0 radical (unpaired) electrons. The molecule has 1 aromatic carbocycles. The zero-order valence-corrected chi connectivity index (χ0v) is 45.5. The Morgan fingerprint density at radius 1 is 0.772 bits per heavy atom. The van der Waals surface area contributed by atoms with Crippen molar-refractivity contribution in [3.8, 4) is 0 Å². The van der Waals surface area contributed by atoms with Crippen molar-refractivity contribution in [3.05, 3.63) is 39.9 Å². The number of primary amides is 1. The average molecular weight is 1150 g/mol. The summed E-state index contributed by atoms with van der Waals surface area (Å²) in [5.74, 6) is -12.1. The molecule has 2 saturated heterocycles. The fourth-order valence-corrected chi connectivity index (χ4v) is 10.4. The molecule has 33 heteroatoms. The molecule has 0 aromatic heterocycles. The summed E-state index contributed by atoms with van der Waals surface area (Å²) in [5.41, 5.74) is 27.5. The molecule has 9 atom stereocenters. The molecule has 10 amide bonds. The first kappa shape index (κ1) is 65.3. The zero-order chi connectivity index (χ0) is 58.9. The van der Waals surface area contributed by atoms with Crippen LogP contribution in [0.1, 0.15) is 77.7 Å². The van der Waals surface area contributed by atoms with Gasteiger partial charge in [-0.2, -0.15) is 0 Å². The highest BCUT2D eigenvalue weighted by molar-refractivity contribution is 8.76. The van der Waals surface area contributed by atoms with Gasteiger partial charge in [-0.1, -0.05) is 54.0 Å². The highest BCUT2D eigenvalue weighted by Crippen LogP contribution is 2.25. The Morgan fingerprint density at radius 3 is 1.89 bits per heavy atom. The number of amides is 10. The number of aliphatic imine (C=N–C) groups is 2. The largest absolute Gasteiger partial charge is 0.481 e. The summed E-state index contributed by atoms with van der Waals surface area (Å²) in [6, 6.07) is -6.76. The van der Waals surface area contributed by atoms with Crippen LogP contribution in [0.4, 0.5) is 5.69 Å². The Kier molecular flexibility index (Phi) is 27.0. The number of carbonyl (C=O) groups excluding carboxylic acids is 10. The second-order valence-electron chi connectivity index (χ2n) is 18.5. The number of carboxylic acid groups (broad SMARTS) is 1. The van der Waals surface area contributed by atoms with Gasteiger partial charge in [-0.05, 0) is 50.0 Å². The van der Waals surface area contributed by atoms with Crippen LogP contribution in [-0.2, 0) is 59.2 Å². The van der Waals surface area contributed by atoms with Gasteiger partial charge in [0.05, 0.1) is 17.9 Å². The molecule has 3 rings (SSSR count). The second kappa shape index (κ2) is 32.7. The van der Waals surface area contributed by atoms with Gasteiger partial charge >= 0.3 is 5.97 Å². The fourth-order valence-electron chi connectivity index (χ4n) is 8.02. The van der Waals surface area contributed by atoms with E-state index < -0.39 is 144 Å². The maximum Gasteiger partial charge on any atom is 0.305 e. The zero-order valence-electron chi connectivity index (χ0n) is 43.9. The third kappa shape index (κ3) is 22.5. The van der Waals surface area contributed by atoms with Gasteiger partial charge in [0, 0.05) is 56.6 Å². The molecule has 31 nitrogen and oxygen atoms in total. The minimum atomic E-state index is -1.92. The predicted molar refractivity (Wildman–Crippen MR) is 289 cm³/mol. The maximum absolute atomic E-state index is 14.4. The third-order valence-corrected chi connectivity index (χ3v) is 14.8. The van der Waals surface area contributed by atoms with Crippen LogP contribution in [0, 0.1) is 16.0 Å². The lowest BCUT2D eigenvalue weighted by Gasteiger charge is -2.32. The number of benzene rings is 1. The van der Waals surface area contributed by atoms with Gasteiger partial charge < -0.3 is 81.2 Å². The van der Waals surface area contributed by atoms with E-state index in [-0.39, 0.29) is 86.4 Å². The molecule has 0 aliphatic carbocycles. The van der Waals surface area contributed by atoms with Crippen LogP contribution in [0.2, 0.25) is 0 Å². The van der Waals surface area contributed by atoms with Crippen LogP contribution < -0.4 is 71.2 Å². The van der Waals surface area contributed by atoms with E-state index in [0.29, 0.717) is 12.8 Å². The first-order valence-corrected chi connectivity index (χ1v) is 27.6. The van der Waals surface area contributed by atoms with E-state index in [2.05, 4.69) is 52.5 Å². The van der Waals surface area contributed by atoms with Crippen LogP contribution in [0.25, 0.3) is 0 Å². The molecule has 2 fully saturated rings. The number of nitro groups is 1. The number of hydrogen-bond donors (Lipinski definition) is 14. The number of aliphatic carboxylic acids is 1. The van der Waals surface area contributed by atoms with E-state index >= 15 is 0 Å². The summed E-state index contributed by atoms with van der Waals surface area (Å²) in [7, 11) is 1.97. The maximum atomic E-state index is 14.4. The van der Waals surface area contributed by atoms with Gasteiger partial charge in [-0.15, -0.1) is 0 Å². The third-order valence-electron chi connectivity index (χ3n) is 12.4. The van der Waals surface area contributed by atoms with E-state index in [1.54, 1.807) is 13.8 Å². The Hall–Kier alpha value is -7.97. The standard InChI is InChI=1S/C46H71N17O14S2/c1-4-23(2)36-44(75)62-17-7-10-33(62)43(74)58-27(8-5-15-52-45(48)49)38(69)54-20-34(65)56-30(19-35(66)67)41(72)59-29(18-25-11-13-26(14-12-25)63(76)77)40(71)57-28(9-6-16-53-46(50)51)39(70)60-31(37(47)68)21-78-79-22-32(42(73)61-36)55-24(3)64/h11-14,23,27-33,36H,4-10,15-22H2,1-3H3,(H2,47,68)(H,54,69)(H,55,64)(H,56,65)(H,57,71)(H,58,74)(H,59,72)(H,60,70)(H,61,73)(H,66,67)(H4,48,49,52)(H4,50,51,53)/t23-,27-,28-,29-,30-,31-,32-,33-,36-/m0/s1. The Balaban J connectivity index is 2.14. The van der Waals surface area contributed by atoms with Crippen LogP contribution >= 0.6 is 21.6 Å². The van der Waals surface area contributed by atoms with Crippen molar-refractivity contribution in [2.45, 2.75) is 127 Å². The molecule has 2 aliphatic rings. The summed E-state index contributed by atoms with van der Waals surface area (Å²) >= 11 is 0. The van der Waals surface area contributed by atoms with Gasteiger partial charge in [0.15, 0.2) is 11.9 Å². The van der Waals surface area contributed by atoms with E-state index in [1.807, 2.05) is 0 Å². The number of rotatable bonds is 17. The molecule has 2 heterocycles. The molecule has 79 heavy (non-hydrogen) atoms. The normalized spacial score (nSPS) is 24.1. The number of carboxylic acids is 1. The van der Waals surface area contributed by atoms with E-state index in [9.17, 15) is 68.0 Å². The van der Waals surface area contributed by atoms with E-state index in [4.69, 9.17) is 28.7 Å². The topological polar surface area (TPSA) is 505 Å². The average Bonchev–Trinajstić information content (AvgIpc) is 3.89. The molecular formula is C46H71N17O14S2. The molecule has 19 N–H and O–H groups in total. The van der Waals surface area contributed by atoms with Crippen molar-refractivity contribution < 1.29 is 62.8 Å². The van der Waals surface area contributed by atoms with E-state index in [0.717, 1.165) is 33.7 Å². The number of nitrogens with zero attached hydrogens (tertiary/aromatic N) is 4. The SMILES string of the molecule is CC[C@H](C)[C@@H]1NC(=O)[C@@H](NC(C)=O)CSSC[C@@H](C(N)=O)NC(=O)[C@H](CCCN=C(N)N)NC(=O)[C@H](Cc2ccc([N+](=O)[O-])cc2)NC(=O)[C@H](CC(=O)O)NC(=O)CNC(=O)[C@H](CCCN=C(N)N)NC(=O)[C@@H]2CCCN2C1=O. The van der Waals surface area contributed by atoms with Crippen molar-refractivity contribution in [2.24, 2.45) is 44.6 Å². The number of nitrogens with two attached hydrogens (primary N) is 5. The first-order valence-electron chi connectivity index (χ1n) is 25.1. The first-order chi connectivity index (χ1) is 37.3. The monoisotopic (exact) mass is 1150 g/mol. The summed E-state index contributed by atoms with van der Waals surface area (Å²) < 4.78 is 0. The number of nitrogens with one attached hydrogen (secondary N) is 8. The van der Waals surface area contributed by atoms with Gasteiger partial charge in [-0.3, -0.25) is 72.8 Å². The highest BCUT2D eigenvalue weighted by atomic mass is 33.1. The Morgan fingerprint density at radius 2 is 1.33 bits per heavy atom. The molecule has 0 bridgehead atoms. The summed E-state index contributed by atoms with van der Waals surface area (Å²) in [6.07, 6.45) is -0.736. The lowest BCUT2D eigenvalue weighted by Crippen LogP contribution is -2.60. The predicted octanol–water partition coefficient (Wildman–Crippen LogP) is -4.83. The lowest BCUT2D eigenvalue weighted by molar-refractivity contribution is -0.384. The smallest absolute Gasteiger partial charge is 0.305 e. The number of fused-ring (bicyclic) bond motifs is 1. The summed E-state index contributed by atoms with van der Waals surface area (Å²) in [4.78, 5) is 169. The second-order valence-corrected chi connectivity index (χ2v) is 21.0. The molecule has 0 saturated carbocycles. The summed E-state index contributed by atoms with van der Waals surface area (Å²) in [5, 5.41) is 41.1. The molecule has 1 aromatic rings. The van der Waals surface area contributed by atoms with Crippen molar-refractivity contribution in [2.75, 3.05) is 37.7 Å². The number of hydrogen-bond acceptors (Lipinski definition) is 17. The van der Waals surface area contributed by atoms with Gasteiger partial charge in [-0.25, -0.2) is 0 Å². The van der Waals surface area contributed by atoms with Crippen molar-refractivity contribution in [1.82, 2.24) is 47.4 Å². The highest BCUT2D eigenvalue weighted by Gasteiger charge is 2.41. The minimum Gasteiger partial charge on any atom is -0.481 e. The van der Waals surface area contributed by atoms with Crippen molar-refractivity contribution in [3.63, 3.8) is 0 Å². The fraction of sp³-hybridized carbons (Fsp3) is 0.587. The van der Waals surface area contributed by atoms with Crippen LogP contribution in [0.15, 0.2) is 34.3 Å². The van der Waals surface area contributed by atoms with Crippen molar-refractivity contribution in [1.29, 1.82) is 0 Å². The number of guanidine groups is 2. The molecular weight excluding hydrogens is 1080 g/mol.